The summed E-state index contributed by atoms with van der Waals surface area (Å²) in [4.78, 5) is 16.3. The highest BCUT2D eigenvalue weighted by Crippen LogP contribution is 2.61. The molecule has 2 aliphatic carbocycles. The Hall–Kier alpha value is -2.16. The Labute approximate surface area is 118 Å². The molecule has 20 heavy (non-hydrogen) atoms. The number of carbonyl (C=O) groups excluding carboxylic acids is 1. The predicted octanol–water partition coefficient (Wildman–Crippen LogP) is 2.28. The summed E-state index contributed by atoms with van der Waals surface area (Å²) < 4.78 is 0. The molecular weight excluding hydrogens is 248 g/mol. The Balaban J connectivity index is 1.41. The molecule has 1 aromatic carbocycles. The third-order valence-corrected chi connectivity index (χ3v) is 4.53. The number of nitrogens with one attached hydrogen (secondary N) is 1. The highest BCUT2D eigenvalue weighted by Gasteiger charge is 2.58. The van der Waals surface area contributed by atoms with Gasteiger partial charge in [-0.1, -0.05) is 30.3 Å². The molecule has 1 amide bonds. The first kappa shape index (κ1) is 11.6. The number of pyridine rings is 1. The number of amides is 1. The topological polar surface area (TPSA) is 42.0 Å². The lowest BCUT2D eigenvalue weighted by Gasteiger charge is -2.08. The number of nitrogens with zero attached hydrogens (tertiary/aromatic N) is 1. The van der Waals surface area contributed by atoms with Crippen molar-refractivity contribution < 1.29 is 4.79 Å². The summed E-state index contributed by atoms with van der Waals surface area (Å²) in [5, 5.41) is 3.04. The second-order valence-electron chi connectivity index (χ2n) is 5.70. The van der Waals surface area contributed by atoms with Gasteiger partial charge in [0, 0.05) is 24.9 Å². The van der Waals surface area contributed by atoms with E-state index in [2.05, 4.69) is 34.6 Å². The number of hydrogen-bond donors (Lipinski definition) is 1. The normalized spacial score (nSPS) is 25.7. The van der Waals surface area contributed by atoms with Crippen molar-refractivity contribution in [1.82, 2.24) is 10.3 Å². The maximum atomic E-state index is 12.3. The fourth-order valence-electron chi connectivity index (χ4n) is 3.52. The number of carbonyl (C=O) groups is 1. The van der Waals surface area contributed by atoms with Crippen LogP contribution in [-0.4, -0.2) is 10.9 Å². The van der Waals surface area contributed by atoms with Crippen LogP contribution in [0.25, 0.3) is 0 Å². The standard InChI is InChI=1S/C17H16N2O/c20-17(19-10-11-4-3-7-18-9-11)16-14-8-12-5-1-2-6-13(12)15(14)16/h1-7,9,14-16H,8,10H2,(H,19,20). The van der Waals surface area contributed by atoms with Gasteiger partial charge in [0.05, 0.1) is 0 Å². The monoisotopic (exact) mass is 264 g/mol. The molecule has 2 aromatic rings. The number of benzene rings is 1. The Bertz CT molecular complexity index is 653. The van der Waals surface area contributed by atoms with E-state index in [9.17, 15) is 4.79 Å². The van der Waals surface area contributed by atoms with Crippen LogP contribution in [0.2, 0.25) is 0 Å². The van der Waals surface area contributed by atoms with Gasteiger partial charge in [0.15, 0.2) is 0 Å². The largest absolute Gasteiger partial charge is 0.352 e. The average Bonchev–Trinajstić information content (AvgIpc) is 3.08. The van der Waals surface area contributed by atoms with Gasteiger partial charge in [-0.15, -0.1) is 0 Å². The molecule has 3 nitrogen and oxygen atoms in total. The molecular formula is C17H16N2O. The molecule has 3 atom stereocenters. The summed E-state index contributed by atoms with van der Waals surface area (Å²) in [6.07, 6.45) is 4.60. The smallest absolute Gasteiger partial charge is 0.224 e. The quantitative estimate of drug-likeness (QED) is 0.924. The van der Waals surface area contributed by atoms with Gasteiger partial charge in [0.2, 0.25) is 5.91 Å². The third kappa shape index (κ3) is 1.82. The highest BCUT2D eigenvalue weighted by molar-refractivity contribution is 5.84. The van der Waals surface area contributed by atoms with E-state index < -0.39 is 0 Å². The van der Waals surface area contributed by atoms with Crippen LogP contribution in [0, 0.1) is 11.8 Å². The maximum absolute atomic E-state index is 12.3. The molecule has 0 saturated heterocycles. The van der Waals surface area contributed by atoms with Gasteiger partial charge in [-0.25, -0.2) is 0 Å². The second kappa shape index (κ2) is 4.44. The summed E-state index contributed by atoms with van der Waals surface area (Å²) in [6, 6.07) is 12.4. The zero-order chi connectivity index (χ0) is 13.5. The summed E-state index contributed by atoms with van der Waals surface area (Å²) >= 11 is 0. The van der Waals surface area contributed by atoms with Crippen LogP contribution in [0.4, 0.5) is 0 Å². The van der Waals surface area contributed by atoms with Crippen LogP contribution < -0.4 is 5.32 Å². The van der Waals surface area contributed by atoms with Gasteiger partial charge in [-0.3, -0.25) is 9.78 Å². The third-order valence-electron chi connectivity index (χ3n) is 4.53. The van der Waals surface area contributed by atoms with E-state index in [1.54, 1.807) is 12.4 Å². The van der Waals surface area contributed by atoms with Crippen molar-refractivity contribution in [3.8, 4) is 0 Å². The number of rotatable bonds is 3. The van der Waals surface area contributed by atoms with Crippen molar-refractivity contribution in [2.75, 3.05) is 0 Å². The Morgan fingerprint density at radius 2 is 2.15 bits per heavy atom. The summed E-state index contributed by atoms with van der Waals surface area (Å²) in [5.41, 5.74) is 3.87. The SMILES string of the molecule is O=C(NCc1cccnc1)C1C2Cc3ccccc3C21. The average molecular weight is 264 g/mol. The highest BCUT2D eigenvalue weighted by atomic mass is 16.2. The lowest BCUT2D eigenvalue weighted by molar-refractivity contribution is -0.122. The molecule has 0 spiro atoms. The molecule has 0 radical (unpaired) electrons. The van der Waals surface area contributed by atoms with E-state index in [1.807, 2.05) is 12.1 Å². The lowest BCUT2D eigenvalue weighted by atomic mass is 10.0. The molecule has 1 heterocycles. The molecule has 1 fully saturated rings. The number of hydrogen-bond acceptors (Lipinski definition) is 2. The first-order chi connectivity index (χ1) is 9.84. The fraction of sp³-hybridized carbons (Fsp3) is 0.294. The summed E-state index contributed by atoms with van der Waals surface area (Å²) in [7, 11) is 0. The van der Waals surface area contributed by atoms with Crippen molar-refractivity contribution >= 4 is 5.91 Å². The summed E-state index contributed by atoms with van der Waals surface area (Å²) in [5.74, 6) is 1.36. The first-order valence-corrected chi connectivity index (χ1v) is 7.09. The molecule has 3 heteroatoms. The van der Waals surface area contributed by atoms with Crippen molar-refractivity contribution in [3.05, 3.63) is 65.5 Å². The van der Waals surface area contributed by atoms with E-state index >= 15 is 0 Å². The van der Waals surface area contributed by atoms with E-state index in [-0.39, 0.29) is 11.8 Å². The molecule has 1 saturated carbocycles. The molecule has 100 valence electrons. The molecule has 4 rings (SSSR count). The van der Waals surface area contributed by atoms with Crippen LogP contribution in [0.1, 0.15) is 22.6 Å². The van der Waals surface area contributed by atoms with Gasteiger partial charge >= 0.3 is 0 Å². The minimum atomic E-state index is 0.182. The predicted molar refractivity (Wildman–Crippen MR) is 76.0 cm³/mol. The number of aromatic nitrogens is 1. The maximum Gasteiger partial charge on any atom is 0.224 e. The van der Waals surface area contributed by atoms with Gasteiger partial charge < -0.3 is 5.32 Å². The fourth-order valence-corrected chi connectivity index (χ4v) is 3.52. The zero-order valence-corrected chi connectivity index (χ0v) is 11.1. The van der Waals surface area contributed by atoms with Crippen molar-refractivity contribution in [3.63, 3.8) is 0 Å². The Morgan fingerprint density at radius 3 is 3.00 bits per heavy atom. The van der Waals surface area contributed by atoms with Crippen molar-refractivity contribution in [2.24, 2.45) is 11.8 Å². The summed E-state index contributed by atoms with van der Waals surface area (Å²) in [6.45, 7) is 0.574. The van der Waals surface area contributed by atoms with E-state index in [4.69, 9.17) is 0 Å². The van der Waals surface area contributed by atoms with Crippen LogP contribution in [-0.2, 0) is 17.8 Å². The minimum absolute atomic E-state index is 0.182. The molecule has 1 N–H and O–H groups in total. The van der Waals surface area contributed by atoms with Gasteiger partial charge in [-0.05, 0) is 41.0 Å². The van der Waals surface area contributed by atoms with Crippen LogP contribution in [0.15, 0.2) is 48.8 Å². The van der Waals surface area contributed by atoms with Crippen LogP contribution in [0.3, 0.4) is 0 Å². The van der Waals surface area contributed by atoms with E-state index in [0.29, 0.717) is 18.4 Å². The van der Waals surface area contributed by atoms with Gasteiger partial charge in [-0.2, -0.15) is 0 Å². The zero-order valence-electron chi connectivity index (χ0n) is 11.1. The van der Waals surface area contributed by atoms with Gasteiger partial charge in [0.25, 0.3) is 0 Å². The van der Waals surface area contributed by atoms with Crippen LogP contribution in [0.5, 0.6) is 0 Å². The van der Waals surface area contributed by atoms with Crippen LogP contribution >= 0.6 is 0 Å². The molecule has 2 aliphatic rings. The van der Waals surface area contributed by atoms with E-state index in [1.165, 1.54) is 11.1 Å². The van der Waals surface area contributed by atoms with E-state index in [0.717, 1.165) is 12.0 Å². The van der Waals surface area contributed by atoms with Gasteiger partial charge in [0.1, 0.15) is 0 Å². The first-order valence-electron chi connectivity index (χ1n) is 7.09. The van der Waals surface area contributed by atoms with Crippen molar-refractivity contribution in [1.29, 1.82) is 0 Å². The molecule has 0 bridgehead atoms. The van der Waals surface area contributed by atoms with Crippen molar-refractivity contribution in [2.45, 2.75) is 18.9 Å². The molecule has 3 unspecified atom stereocenters. The number of fused-ring (bicyclic) bond motifs is 3. The Kier molecular flexibility index (Phi) is 2.59. The molecule has 0 aliphatic heterocycles. The molecule has 1 aromatic heterocycles. The Morgan fingerprint density at radius 1 is 1.25 bits per heavy atom. The second-order valence-corrected chi connectivity index (χ2v) is 5.70. The minimum Gasteiger partial charge on any atom is -0.352 e. The lowest BCUT2D eigenvalue weighted by Crippen LogP contribution is -2.26.